The third-order valence-electron chi connectivity index (χ3n) is 2.73. The number of halogens is 2. The van der Waals surface area contributed by atoms with Crippen LogP contribution in [0.5, 0.6) is 0 Å². The smallest absolute Gasteiger partial charge is 0.252 e. The molecule has 1 aromatic rings. The topological polar surface area (TPSA) is 29.1 Å². The summed E-state index contributed by atoms with van der Waals surface area (Å²) in [5.41, 5.74) is 0.339. The second kappa shape index (κ2) is 6.88. The fraction of sp³-hybridized carbons (Fsp3) is 0.500. The maximum absolute atomic E-state index is 13.1. The van der Waals surface area contributed by atoms with Crippen molar-refractivity contribution in [3.63, 3.8) is 0 Å². The summed E-state index contributed by atoms with van der Waals surface area (Å²) in [7, 11) is 0. The summed E-state index contributed by atoms with van der Waals surface area (Å²) >= 11 is 3.26. The Hall–Kier alpha value is -0.900. The number of benzene rings is 1. The lowest BCUT2D eigenvalue weighted by Gasteiger charge is -2.15. The number of rotatable bonds is 5. The molecule has 2 nitrogen and oxygen atoms in total. The van der Waals surface area contributed by atoms with Gasteiger partial charge in [0.2, 0.25) is 0 Å². The molecule has 0 aliphatic heterocycles. The van der Waals surface area contributed by atoms with Crippen LogP contribution in [0.1, 0.15) is 44.0 Å². The molecule has 18 heavy (non-hydrogen) atoms. The molecule has 1 rings (SSSR count). The van der Waals surface area contributed by atoms with Crippen molar-refractivity contribution in [2.24, 2.45) is 5.92 Å². The zero-order valence-corrected chi connectivity index (χ0v) is 12.6. The second-order valence-corrected chi connectivity index (χ2v) is 5.82. The van der Waals surface area contributed by atoms with Crippen molar-refractivity contribution in [3.8, 4) is 0 Å². The highest BCUT2D eigenvalue weighted by molar-refractivity contribution is 9.10. The van der Waals surface area contributed by atoms with Gasteiger partial charge in [0.15, 0.2) is 0 Å². The highest BCUT2D eigenvalue weighted by Crippen LogP contribution is 2.18. The summed E-state index contributed by atoms with van der Waals surface area (Å²) in [6.45, 7) is 6.27. The number of nitrogens with one attached hydrogen (secondary N) is 1. The molecule has 0 heterocycles. The minimum atomic E-state index is -0.404. The third-order valence-corrected chi connectivity index (χ3v) is 3.42. The zero-order chi connectivity index (χ0) is 13.7. The molecule has 0 aliphatic carbocycles. The van der Waals surface area contributed by atoms with Gasteiger partial charge >= 0.3 is 0 Å². The first-order chi connectivity index (χ1) is 8.40. The third kappa shape index (κ3) is 4.77. The Morgan fingerprint density at radius 3 is 2.61 bits per heavy atom. The number of carbonyl (C=O) groups excluding carboxylic acids is 1. The van der Waals surface area contributed by atoms with Crippen LogP contribution < -0.4 is 5.32 Å². The minimum Gasteiger partial charge on any atom is -0.350 e. The first-order valence-electron chi connectivity index (χ1n) is 6.16. The fourth-order valence-electron chi connectivity index (χ4n) is 1.63. The van der Waals surface area contributed by atoms with Gasteiger partial charge in [-0.2, -0.15) is 0 Å². The number of hydrogen-bond donors (Lipinski definition) is 1. The molecule has 0 aromatic heterocycles. The van der Waals surface area contributed by atoms with Gasteiger partial charge in [0.25, 0.3) is 5.91 Å². The zero-order valence-electron chi connectivity index (χ0n) is 11.0. The highest BCUT2D eigenvalue weighted by atomic mass is 79.9. The summed E-state index contributed by atoms with van der Waals surface area (Å²) < 4.78 is 13.7. The molecule has 0 saturated carbocycles. The molecule has 0 aliphatic rings. The van der Waals surface area contributed by atoms with E-state index in [4.69, 9.17) is 0 Å². The van der Waals surface area contributed by atoms with Crippen LogP contribution in [-0.2, 0) is 0 Å². The molecule has 0 radical (unpaired) electrons. The number of carbonyl (C=O) groups is 1. The molecule has 0 fully saturated rings. The molecule has 1 amide bonds. The van der Waals surface area contributed by atoms with Crippen LogP contribution in [0.3, 0.4) is 0 Å². The van der Waals surface area contributed by atoms with Gasteiger partial charge in [-0.25, -0.2) is 4.39 Å². The lowest BCUT2D eigenvalue weighted by molar-refractivity contribution is 0.0936. The van der Waals surface area contributed by atoms with Gasteiger partial charge in [-0.1, -0.05) is 13.8 Å². The molecule has 1 N–H and O–H groups in total. The van der Waals surface area contributed by atoms with E-state index in [1.165, 1.54) is 12.1 Å². The van der Waals surface area contributed by atoms with Crippen molar-refractivity contribution in [2.45, 2.75) is 39.7 Å². The molecule has 1 aromatic carbocycles. The Morgan fingerprint density at radius 1 is 1.33 bits per heavy atom. The maximum atomic E-state index is 13.1. The van der Waals surface area contributed by atoms with E-state index in [9.17, 15) is 9.18 Å². The standard InChI is InChI=1S/C14H19BrFNO/c1-9(2)4-5-10(3)17-14(18)12-8-11(16)6-7-13(12)15/h6-10H,4-5H2,1-3H3,(H,17,18). The Labute approximate surface area is 116 Å². The molecule has 4 heteroatoms. The van der Waals surface area contributed by atoms with Crippen molar-refractivity contribution in [3.05, 3.63) is 34.1 Å². The van der Waals surface area contributed by atoms with Crippen molar-refractivity contribution >= 4 is 21.8 Å². The largest absolute Gasteiger partial charge is 0.350 e. The highest BCUT2D eigenvalue weighted by Gasteiger charge is 2.13. The average Bonchev–Trinajstić information content (AvgIpc) is 2.29. The van der Waals surface area contributed by atoms with E-state index in [0.29, 0.717) is 16.0 Å². The summed E-state index contributed by atoms with van der Waals surface area (Å²) in [6.07, 6.45) is 1.99. The van der Waals surface area contributed by atoms with Crippen LogP contribution >= 0.6 is 15.9 Å². The van der Waals surface area contributed by atoms with E-state index < -0.39 is 5.82 Å². The Balaban J connectivity index is 2.62. The van der Waals surface area contributed by atoms with Gasteiger partial charge in [-0.15, -0.1) is 0 Å². The molecule has 0 saturated heterocycles. The van der Waals surface area contributed by atoms with Crippen LogP contribution in [0.15, 0.2) is 22.7 Å². The van der Waals surface area contributed by atoms with E-state index in [1.54, 1.807) is 6.07 Å². The van der Waals surface area contributed by atoms with Crippen LogP contribution in [0, 0.1) is 11.7 Å². The van der Waals surface area contributed by atoms with E-state index in [0.717, 1.165) is 12.8 Å². The van der Waals surface area contributed by atoms with Crippen LogP contribution in [-0.4, -0.2) is 11.9 Å². The normalized spacial score (nSPS) is 12.6. The quantitative estimate of drug-likeness (QED) is 0.869. The van der Waals surface area contributed by atoms with Crippen molar-refractivity contribution in [1.29, 1.82) is 0 Å². The van der Waals surface area contributed by atoms with Gasteiger partial charge in [0, 0.05) is 10.5 Å². The molecule has 1 unspecified atom stereocenters. The predicted octanol–water partition coefficient (Wildman–Crippen LogP) is 4.14. The van der Waals surface area contributed by atoms with Gasteiger partial charge < -0.3 is 5.32 Å². The molecule has 0 spiro atoms. The molecular weight excluding hydrogens is 297 g/mol. The predicted molar refractivity (Wildman–Crippen MR) is 75.1 cm³/mol. The first kappa shape index (κ1) is 15.2. The van der Waals surface area contributed by atoms with Crippen LogP contribution in [0.2, 0.25) is 0 Å². The number of hydrogen-bond acceptors (Lipinski definition) is 1. The lowest BCUT2D eigenvalue weighted by atomic mass is 10.0. The van der Waals surface area contributed by atoms with Crippen molar-refractivity contribution in [1.82, 2.24) is 5.32 Å². The Bertz CT molecular complexity index is 420. The van der Waals surface area contributed by atoms with Crippen LogP contribution in [0.4, 0.5) is 4.39 Å². The number of amides is 1. The van der Waals surface area contributed by atoms with Crippen LogP contribution in [0.25, 0.3) is 0 Å². The molecular formula is C14H19BrFNO. The SMILES string of the molecule is CC(C)CCC(C)NC(=O)c1cc(F)ccc1Br. The van der Waals surface area contributed by atoms with Crippen molar-refractivity contribution in [2.75, 3.05) is 0 Å². The monoisotopic (exact) mass is 315 g/mol. The van der Waals surface area contributed by atoms with Gasteiger partial charge in [-0.3, -0.25) is 4.79 Å². The summed E-state index contributed by atoms with van der Waals surface area (Å²) in [5.74, 6) is -0.0268. The molecule has 1 atom stereocenters. The summed E-state index contributed by atoms with van der Waals surface area (Å²) in [5, 5.41) is 2.88. The second-order valence-electron chi connectivity index (χ2n) is 4.97. The minimum absolute atomic E-state index is 0.0927. The Morgan fingerprint density at radius 2 is 2.00 bits per heavy atom. The average molecular weight is 316 g/mol. The molecule has 0 bridgehead atoms. The van der Waals surface area contributed by atoms with Crippen molar-refractivity contribution < 1.29 is 9.18 Å². The summed E-state index contributed by atoms with van der Waals surface area (Å²) in [4.78, 5) is 12.0. The van der Waals surface area contributed by atoms with E-state index in [-0.39, 0.29) is 11.9 Å². The van der Waals surface area contributed by atoms with E-state index in [1.807, 2.05) is 6.92 Å². The summed E-state index contributed by atoms with van der Waals surface area (Å²) in [6, 6.07) is 4.20. The van der Waals surface area contributed by atoms with Gasteiger partial charge in [0.05, 0.1) is 5.56 Å². The van der Waals surface area contributed by atoms with E-state index in [2.05, 4.69) is 35.1 Å². The lowest BCUT2D eigenvalue weighted by Crippen LogP contribution is -2.33. The van der Waals surface area contributed by atoms with E-state index >= 15 is 0 Å². The fourth-order valence-corrected chi connectivity index (χ4v) is 2.06. The molecule has 100 valence electrons. The Kier molecular flexibility index (Phi) is 5.79. The maximum Gasteiger partial charge on any atom is 0.252 e. The first-order valence-corrected chi connectivity index (χ1v) is 6.95. The van der Waals surface area contributed by atoms with Gasteiger partial charge in [-0.05, 0) is 59.8 Å². The van der Waals surface area contributed by atoms with Gasteiger partial charge in [0.1, 0.15) is 5.82 Å².